The predicted octanol–water partition coefficient (Wildman–Crippen LogP) is 2.77. The normalized spacial score (nSPS) is 16.6. The molecular weight excluding hydrogens is 378 g/mol. The van der Waals surface area contributed by atoms with Gasteiger partial charge in [-0.2, -0.15) is 0 Å². The first-order valence-electron chi connectivity index (χ1n) is 11.6. The smallest absolute Gasteiger partial charge is 0.242 e. The van der Waals surface area contributed by atoms with Gasteiger partial charge in [-0.1, -0.05) is 57.0 Å². The Morgan fingerprint density at radius 3 is 2.47 bits per heavy atom. The number of rotatable bonds is 13. The summed E-state index contributed by atoms with van der Waals surface area (Å²) in [6.07, 6.45) is 5.17. The van der Waals surface area contributed by atoms with Gasteiger partial charge in [0.2, 0.25) is 11.8 Å². The minimum atomic E-state index is -0.543. The maximum Gasteiger partial charge on any atom is 0.242 e. The topological polar surface area (TPSA) is 70.7 Å². The van der Waals surface area contributed by atoms with E-state index in [-0.39, 0.29) is 17.7 Å². The first kappa shape index (κ1) is 24.4. The summed E-state index contributed by atoms with van der Waals surface area (Å²) in [7, 11) is 0. The number of nitrogens with one attached hydrogen (secondary N) is 2. The molecule has 1 aromatic carbocycles. The summed E-state index contributed by atoms with van der Waals surface area (Å²) >= 11 is 0. The third-order valence-electron chi connectivity index (χ3n) is 5.74. The van der Waals surface area contributed by atoms with Crippen LogP contribution in [0.5, 0.6) is 0 Å². The van der Waals surface area contributed by atoms with Crippen LogP contribution in [0.25, 0.3) is 0 Å². The van der Waals surface area contributed by atoms with E-state index in [9.17, 15) is 9.59 Å². The lowest BCUT2D eigenvalue weighted by Crippen LogP contribution is -2.50. The summed E-state index contributed by atoms with van der Waals surface area (Å²) in [6, 6.07) is 9.34. The number of carbonyl (C=O) groups is 2. The molecule has 2 amide bonds. The Morgan fingerprint density at radius 1 is 1.07 bits per heavy atom. The summed E-state index contributed by atoms with van der Waals surface area (Å²) in [6.45, 7) is 9.22. The second kappa shape index (κ2) is 14.1. The number of carbonyl (C=O) groups excluding carboxylic acids is 2. The van der Waals surface area contributed by atoms with Gasteiger partial charge >= 0.3 is 0 Å². The SMILES string of the molecule is CCCCC(CC)C(=O)NC(Cc1ccccc1)C(=O)NCCCN1CCOCC1. The molecule has 1 aromatic rings. The largest absolute Gasteiger partial charge is 0.379 e. The highest BCUT2D eigenvalue weighted by Gasteiger charge is 2.24. The van der Waals surface area contributed by atoms with Gasteiger partial charge in [0, 0.05) is 32.0 Å². The van der Waals surface area contributed by atoms with E-state index in [1.165, 1.54) is 0 Å². The molecule has 168 valence electrons. The Labute approximate surface area is 181 Å². The number of nitrogens with zero attached hydrogens (tertiary/aromatic N) is 1. The van der Waals surface area contributed by atoms with Crippen molar-refractivity contribution in [3.8, 4) is 0 Å². The van der Waals surface area contributed by atoms with E-state index in [2.05, 4.69) is 22.5 Å². The number of amides is 2. The fraction of sp³-hybridized carbons (Fsp3) is 0.667. The molecule has 0 bridgehead atoms. The fourth-order valence-electron chi connectivity index (χ4n) is 3.78. The minimum absolute atomic E-state index is 0.00431. The van der Waals surface area contributed by atoms with Crippen molar-refractivity contribution >= 4 is 11.8 Å². The van der Waals surface area contributed by atoms with Crippen LogP contribution in [0.4, 0.5) is 0 Å². The second-order valence-electron chi connectivity index (χ2n) is 8.10. The van der Waals surface area contributed by atoms with E-state index in [0.717, 1.165) is 70.5 Å². The van der Waals surface area contributed by atoms with Crippen LogP contribution in [-0.4, -0.2) is 62.1 Å². The lowest BCUT2D eigenvalue weighted by Gasteiger charge is -2.26. The molecule has 6 heteroatoms. The lowest BCUT2D eigenvalue weighted by molar-refractivity contribution is -0.131. The van der Waals surface area contributed by atoms with Gasteiger partial charge < -0.3 is 15.4 Å². The number of benzene rings is 1. The molecule has 6 nitrogen and oxygen atoms in total. The van der Waals surface area contributed by atoms with Crippen LogP contribution in [0.1, 0.15) is 51.5 Å². The standard InChI is InChI=1S/C24H39N3O3/c1-3-5-12-21(4-2)23(28)26-22(19-20-10-7-6-8-11-20)24(29)25-13-9-14-27-15-17-30-18-16-27/h6-8,10-11,21-22H,3-5,9,12-19H2,1-2H3,(H,25,29)(H,26,28). The van der Waals surface area contributed by atoms with Crippen LogP contribution < -0.4 is 10.6 Å². The third kappa shape index (κ3) is 8.84. The van der Waals surface area contributed by atoms with Gasteiger partial charge in [-0.15, -0.1) is 0 Å². The summed E-state index contributed by atoms with van der Waals surface area (Å²) in [4.78, 5) is 28.1. The molecule has 30 heavy (non-hydrogen) atoms. The highest BCUT2D eigenvalue weighted by molar-refractivity contribution is 5.88. The van der Waals surface area contributed by atoms with Crippen molar-refractivity contribution in [1.29, 1.82) is 0 Å². The van der Waals surface area contributed by atoms with Crippen LogP contribution in [0.15, 0.2) is 30.3 Å². The van der Waals surface area contributed by atoms with Gasteiger partial charge in [-0.05, 0) is 31.4 Å². The maximum absolute atomic E-state index is 12.9. The summed E-state index contributed by atoms with van der Waals surface area (Å²) < 4.78 is 5.37. The Kier molecular flexibility index (Phi) is 11.5. The molecule has 2 unspecified atom stereocenters. The summed E-state index contributed by atoms with van der Waals surface area (Å²) in [5.74, 6) is -0.132. The second-order valence-corrected chi connectivity index (χ2v) is 8.10. The highest BCUT2D eigenvalue weighted by Crippen LogP contribution is 2.14. The number of hydrogen-bond donors (Lipinski definition) is 2. The number of unbranched alkanes of at least 4 members (excludes halogenated alkanes) is 1. The van der Waals surface area contributed by atoms with E-state index in [0.29, 0.717) is 13.0 Å². The Bertz CT molecular complexity index is 617. The van der Waals surface area contributed by atoms with Gasteiger partial charge in [-0.3, -0.25) is 14.5 Å². The molecule has 2 atom stereocenters. The molecule has 1 fully saturated rings. The summed E-state index contributed by atoms with van der Waals surface area (Å²) in [5, 5.41) is 6.07. The van der Waals surface area contributed by atoms with E-state index in [4.69, 9.17) is 4.74 Å². The van der Waals surface area contributed by atoms with Crippen LogP contribution in [0.3, 0.4) is 0 Å². The van der Waals surface area contributed by atoms with Crippen molar-refractivity contribution in [2.24, 2.45) is 5.92 Å². The molecule has 1 aliphatic rings. The van der Waals surface area contributed by atoms with Gasteiger partial charge in [-0.25, -0.2) is 0 Å². The molecule has 1 aliphatic heterocycles. The molecule has 0 spiro atoms. The molecule has 0 radical (unpaired) electrons. The zero-order valence-corrected chi connectivity index (χ0v) is 18.7. The van der Waals surface area contributed by atoms with E-state index in [1.54, 1.807) is 0 Å². The monoisotopic (exact) mass is 417 g/mol. The average molecular weight is 418 g/mol. The van der Waals surface area contributed by atoms with Gasteiger partial charge in [0.25, 0.3) is 0 Å². The molecule has 0 saturated carbocycles. The third-order valence-corrected chi connectivity index (χ3v) is 5.74. The zero-order valence-electron chi connectivity index (χ0n) is 18.7. The van der Waals surface area contributed by atoms with Gasteiger partial charge in [0.05, 0.1) is 13.2 Å². The molecule has 2 rings (SSSR count). The molecule has 0 aromatic heterocycles. The lowest BCUT2D eigenvalue weighted by atomic mass is 9.97. The highest BCUT2D eigenvalue weighted by atomic mass is 16.5. The van der Waals surface area contributed by atoms with Crippen molar-refractivity contribution < 1.29 is 14.3 Å². The Morgan fingerprint density at radius 2 is 1.80 bits per heavy atom. The number of ether oxygens (including phenoxy) is 1. The Balaban J connectivity index is 1.88. The first-order valence-corrected chi connectivity index (χ1v) is 11.6. The van der Waals surface area contributed by atoms with E-state index >= 15 is 0 Å². The van der Waals surface area contributed by atoms with Gasteiger partial charge in [0.1, 0.15) is 6.04 Å². The molecular formula is C24H39N3O3. The van der Waals surface area contributed by atoms with Crippen molar-refractivity contribution in [3.05, 3.63) is 35.9 Å². The number of hydrogen-bond acceptors (Lipinski definition) is 4. The van der Waals surface area contributed by atoms with E-state index < -0.39 is 6.04 Å². The molecule has 0 aliphatic carbocycles. The zero-order chi connectivity index (χ0) is 21.6. The molecule has 2 N–H and O–H groups in total. The fourth-order valence-corrected chi connectivity index (χ4v) is 3.78. The first-order chi connectivity index (χ1) is 14.6. The maximum atomic E-state index is 12.9. The average Bonchev–Trinajstić information content (AvgIpc) is 2.78. The van der Waals surface area contributed by atoms with Crippen LogP contribution >= 0.6 is 0 Å². The summed E-state index contributed by atoms with van der Waals surface area (Å²) in [5.41, 5.74) is 1.05. The molecule has 1 saturated heterocycles. The van der Waals surface area contributed by atoms with Crippen molar-refractivity contribution in [2.45, 2.75) is 58.4 Å². The van der Waals surface area contributed by atoms with Gasteiger partial charge in [0.15, 0.2) is 0 Å². The van der Waals surface area contributed by atoms with Crippen molar-refractivity contribution in [3.63, 3.8) is 0 Å². The number of morpholine rings is 1. The van der Waals surface area contributed by atoms with E-state index in [1.807, 2.05) is 37.3 Å². The molecule has 1 heterocycles. The van der Waals surface area contributed by atoms with Crippen LogP contribution in [-0.2, 0) is 20.7 Å². The van der Waals surface area contributed by atoms with Crippen molar-refractivity contribution in [1.82, 2.24) is 15.5 Å². The van der Waals surface area contributed by atoms with Crippen molar-refractivity contribution in [2.75, 3.05) is 39.4 Å². The van der Waals surface area contributed by atoms with Crippen LogP contribution in [0, 0.1) is 5.92 Å². The Hall–Kier alpha value is -1.92. The predicted molar refractivity (Wildman–Crippen MR) is 120 cm³/mol. The van der Waals surface area contributed by atoms with Crippen LogP contribution in [0.2, 0.25) is 0 Å². The quantitative estimate of drug-likeness (QED) is 0.484. The minimum Gasteiger partial charge on any atom is -0.379 e.